The molecule has 0 saturated carbocycles. The van der Waals surface area contributed by atoms with Gasteiger partial charge >= 0.3 is 0 Å². The summed E-state index contributed by atoms with van der Waals surface area (Å²) in [5.41, 5.74) is 4.44. The average molecular weight is 335 g/mol. The van der Waals surface area contributed by atoms with Crippen molar-refractivity contribution in [1.29, 1.82) is 5.26 Å². The van der Waals surface area contributed by atoms with Crippen LogP contribution in [0.3, 0.4) is 0 Å². The zero-order chi connectivity index (χ0) is 18.4. The lowest BCUT2D eigenvalue weighted by atomic mass is 10.1. The minimum Gasteiger partial charge on any atom is -0.495 e. The highest BCUT2D eigenvalue weighted by Crippen LogP contribution is 2.25. The Kier molecular flexibility index (Phi) is 5.80. The van der Waals surface area contributed by atoms with Gasteiger partial charge in [-0.15, -0.1) is 0 Å². The van der Waals surface area contributed by atoms with Gasteiger partial charge in [0.25, 0.3) is 5.91 Å². The molecule has 0 saturated heterocycles. The van der Waals surface area contributed by atoms with E-state index in [0.29, 0.717) is 17.1 Å². The summed E-state index contributed by atoms with van der Waals surface area (Å²) in [6, 6.07) is 13.2. The molecule has 0 radical (unpaired) electrons. The first-order chi connectivity index (χ1) is 12.0. The van der Waals surface area contributed by atoms with E-state index in [2.05, 4.69) is 10.6 Å². The van der Waals surface area contributed by atoms with Gasteiger partial charge in [-0.25, -0.2) is 0 Å². The van der Waals surface area contributed by atoms with E-state index >= 15 is 0 Å². The van der Waals surface area contributed by atoms with Crippen LogP contribution in [0.15, 0.2) is 48.2 Å². The number of anilines is 2. The Bertz CT molecular complexity index is 864. The number of nitrogens with zero attached hydrogens (tertiary/aromatic N) is 1. The Morgan fingerprint density at radius 3 is 2.60 bits per heavy atom. The molecule has 0 atom stereocenters. The van der Waals surface area contributed by atoms with Crippen molar-refractivity contribution < 1.29 is 9.53 Å². The molecule has 0 aromatic heterocycles. The van der Waals surface area contributed by atoms with Crippen molar-refractivity contribution in [3.63, 3.8) is 0 Å². The van der Waals surface area contributed by atoms with Crippen LogP contribution in [0.4, 0.5) is 11.4 Å². The van der Waals surface area contributed by atoms with Gasteiger partial charge in [0.05, 0.1) is 12.8 Å². The van der Waals surface area contributed by atoms with Gasteiger partial charge in [0.15, 0.2) is 0 Å². The van der Waals surface area contributed by atoms with E-state index in [-0.39, 0.29) is 5.57 Å². The molecule has 0 aliphatic rings. The monoisotopic (exact) mass is 335 g/mol. The quantitative estimate of drug-likeness (QED) is 0.638. The van der Waals surface area contributed by atoms with Crippen LogP contribution in [0.25, 0.3) is 0 Å². The maximum Gasteiger partial charge on any atom is 0.267 e. The van der Waals surface area contributed by atoms with Gasteiger partial charge in [-0.3, -0.25) is 4.79 Å². The molecule has 128 valence electrons. The largest absolute Gasteiger partial charge is 0.495 e. The molecule has 0 bridgehead atoms. The Morgan fingerprint density at radius 2 is 1.92 bits per heavy atom. The Balaban J connectivity index is 2.20. The molecule has 5 nitrogen and oxygen atoms in total. The molecule has 2 aromatic carbocycles. The number of ether oxygens (including phenoxy) is 1. The van der Waals surface area contributed by atoms with Gasteiger partial charge in [0, 0.05) is 11.9 Å². The number of nitrogens with one attached hydrogen (secondary N) is 2. The number of amides is 1. The van der Waals surface area contributed by atoms with E-state index in [9.17, 15) is 10.1 Å². The van der Waals surface area contributed by atoms with Gasteiger partial charge in [-0.2, -0.15) is 5.26 Å². The fourth-order valence-electron chi connectivity index (χ4n) is 2.31. The normalized spacial score (nSPS) is 10.8. The second-order valence-corrected chi connectivity index (χ2v) is 5.72. The number of carbonyl (C=O) groups excluding carboxylic acids is 1. The van der Waals surface area contributed by atoms with Crippen LogP contribution in [0.1, 0.15) is 16.7 Å². The van der Waals surface area contributed by atoms with Crippen molar-refractivity contribution in [2.45, 2.75) is 20.8 Å². The second-order valence-electron chi connectivity index (χ2n) is 5.72. The summed E-state index contributed by atoms with van der Waals surface area (Å²) >= 11 is 0. The van der Waals surface area contributed by atoms with Crippen LogP contribution < -0.4 is 15.4 Å². The minimum atomic E-state index is -0.463. The molecule has 2 aromatic rings. The number of methoxy groups -OCH3 is 1. The Hall–Kier alpha value is -3.26. The van der Waals surface area contributed by atoms with Gasteiger partial charge in [0.1, 0.15) is 17.4 Å². The molecule has 0 aliphatic heterocycles. The highest BCUT2D eigenvalue weighted by molar-refractivity contribution is 6.07. The van der Waals surface area contributed by atoms with Gasteiger partial charge in [-0.1, -0.05) is 18.2 Å². The molecule has 0 fully saturated rings. The molecule has 0 unspecified atom stereocenters. The summed E-state index contributed by atoms with van der Waals surface area (Å²) in [7, 11) is 1.57. The second kappa shape index (κ2) is 8.02. The topological polar surface area (TPSA) is 74.1 Å². The van der Waals surface area contributed by atoms with E-state index in [1.807, 2.05) is 63.2 Å². The maximum absolute atomic E-state index is 12.4. The predicted octanol–water partition coefficient (Wildman–Crippen LogP) is 4.08. The van der Waals surface area contributed by atoms with Crippen LogP contribution >= 0.6 is 0 Å². The zero-order valence-electron chi connectivity index (χ0n) is 14.8. The summed E-state index contributed by atoms with van der Waals surface area (Å²) in [5.74, 6) is 0.171. The molecule has 0 heterocycles. The van der Waals surface area contributed by atoms with Crippen LogP contribution in [-0.4, -0.2) is 13.0 Å². The molecule has 2 N–H and O–H groups in total. The number of hydrogen-bond acceptors (Lipinski definition) is 4. The molecule has 25 heavy (non-hydrogen) atoms. The first-order valence-electron chi connectivity index (χ1n) is 7.85. The van der Waals surface area contributed by atoms with Crippen molar-refractivity contribution >= 4 is 17.3 Å². The van der Waals surface area contributed by atoms with Crippen molar-refractivity contribution in [2.24, 2.45) is 0 Å². The Labute approximate surface area is 147 Å². The van der Waals surface area contributed by atoms with Crippen molar-refractivity contribution in [3.8, 4) is 11.8 Å². The van der Waals surface area contributed by atoms with E-state index in [1.54, 1.807) is 7.11 Å². The SMILES string of the molecule is COc1ccc(C)cc1N/C=C(/C#N)C(=O)Nc1cccc(C)c1C. The van der Waals surface area contributed by atoms with Crippen molar-refractivity contribution in [1.82, 2.24) is 0 Å². The molecule has 1 amide bonds. The molecule has 0 aliphatic carbocycles. The zero-order valence-corrected chi connectivity index (χ0v) is 14.8. The summed E-state index contributed by atoms with van der Waals surface area (Å²) < 4.78 is 5.28. The summed E-state index contributed by atoms with van der Waals surface area (Å²) in [6.45, 7) is 5.85. The van der Waals surface area contributed by atoms with Crippen LogP contribution in [0, 0.1) is 32.1 Å². The molecular formula is C20H21N3O2. The molecular weight excluding hydrogens is 314 g/mol. The Morgan fingerprint density at radius 1 is 1.16 bits per heavy atom. The number of nitriles is 1. The fourth-order valence-corrected chi connectivity index (χ4v) is 2.31. The molecule has 2 rings (SSSR count). The van der Waals surface area contributed by atoms with E-state index in [0.717, 1.165) is 16.7 Å². The summed E-state index contributed by atoms with van der Waals surface area (Å²) in [5, 5.41) is 15.1. The number of hydrogen-bond donors (Lipinski definition) is 2. The van der Waals surface area contributed by atoms with Gasteiger partial charge in [-0.05, 0) is 55.7 Å². The number of carbonyl (C=O) groups is 1. The third-order valence-electron chi connectivity index (χ3n) is 3.94. The number of benzene rings is 2. The van der Waals surface area contributed by atoms with E-state index < -0.39 is 5.91 Å². The van der Waals surface area contributed by atoms with Gasteiger partial charge in [0.2, 0.25) is 0 Å². The first-order valence-corrected chi connectivity index (χ1v) is 7.85. The lowest BCUT2D eigenvalue weighted by molar-refractivity contribution is -0.112. The van der Waals surface area contributed by atoms with Gasteiger partial charge < -0.3 is 15.4 Å². The third kappa shape index (κ3) is 4.39. The lowest BCUT2D eigenvalue weighted by Gasteiger charge is -2.11. The highest BCUT2D eigenvalue weighted by atomic mass is 16.5. The number of aryl methyl sites for hydroxylation is 2. The predicted molar refractivity (Wildman–Crippen MR) is 99.6 cm³/mol. The third-order valence-corrected chi connectivity index (χ3v) is 3.94. The van der Waals surface area contributed by atoms with Crippen LogP contribution in [-0.2, 0) is 4.79 Å². The standard InChI is InChI=1S/C20H21N3O2/c1-13-8-9-19(25-4)18(10-13)22-12-16(11-21)20(24)23-17-7-5-6-14(2)15(17)3/h5-10,12,22H,1-4H3,(H,23,24)/b16-12-. The smallest absolute Gasteiger partial charge is 0.267 e. The molecule has 0 spiro atoms. The lowest BCUT2D eigenvalue weighted by Crippen LogP contribution is -2.15. The average Bonchev–Trinajstić information content (AvgIpc) is 2.59. The fraction of sp³-hybridized carbons (Fsp3) is 0.200. The van der Waals surface area contributed by atoms with Crippen molar-refractivity contribution in [2.75, 3.05) is 17.7 Å². The summed E-state index contributed by atoms with van der Waals surface area (Å²) in [4.78, 5) is 12.4. The first kappa shape index (κ1) is 18.1. The van der Waals surface area contributed by atoms with E-state index in [4.69, 9.17) is 4.74 Å². The van der Waals surface area contributed by atoms with Crippen LogP contribution in [0.2, 0.25) is 0 Å². The number of rotatable bonds is 5. The maximum atomic E-state index is 12.4. The van der Waals surface area contributed by atoms with Crippen LogP contribution in [0.5, 0.6) is 5.75 Å². The highest BCUT2D eigenvalue weighted by Gasteiger charge is 2.12. The minimum absolute atomic E-state index is 0.0236. The molecule has 5 heteroatoms. The van der Waals surface area contributed by atoms with Crippen molar-refractivity contribution in [3.05, 3.63) is 64.9 Å². The van der Waals surface area contributed by atoms with E-state index in [1.165, 1.54) is 6.20 Å². The summed E-state index contributed by atoms with van der Waals surface area (Å²) in [6.07, 6.45) is 1.39.